The van der Waals surface area contributed by atoms with Gasteiger partial charge >= 0.3 is 0 Å². The Hall–Kier alpha value is -1.51. The summed E-state index contributed by atoms with van der Waals surface area (Å²) in [4.78, 5) is 2.45. The molecule has 0 aromatic heterocycles. The van der Waals surface area contributed by atoms with E-state index in [-0.39, 0.29) is 5.84 Å². The Balaban J connectivity index is 2.16. The van der Waals surface area contributed by atoms with Crippen LogP contribution in [0.2, 0.25) is 0 Å². The van der Waals surface area contributed by atoms with Gasteiger partial charge in [-0.15, -0.1) is 0 Å². The predicted molar refractivity (Wildman–Crippen MR) is 77.4 cm³/mol. The molecule has 0 spiro atoms. The molecular formula is C15H23N3. The van der Waals surface area contributed by atoms with Crippen molar-refractivity contribution in [1.29, 1.82) is 5.41 Å². The average Bonchev–Trinajstić information content (AvgIpc) is 2.77. The first-order chi connectivity index (χ1) is 8.49. The van der Waals surface area contributed by atoms with Gasteiger partial charge in [-0.25, -0.2) is 0 Å². The minimum absolute atomic E-state index is 0.153. The molecule has 1 saturated heterocycles. The van der Waals surface area contributed by atoms with E-state index in [0.717, 1.165) is 36.1 Å². The van der Waals surface area contributed by atoms with Gasteiger partial charge < -0.3 is 10.6 Å². The number of aryl methyl sites for hydroxylation is 1. The van der Waals surface area contributed by atoms with Crippen molar-refractivity contribution in [2.45, 2.75) is 27.2 Å². The van der Waals surface area contributed by atoms with Crippen molar-refractivity contribution < 1.29 is 0 Å². The number of nitrogens with one attached hydrogen (secondary N) is 1. The van der Waals surface area contributed by atoms with Crippen LogP contribution in [-0.2, 0) is 0 Å². The normalized spacial score (nSPS) is 19.6. The molecule has 0 amide bonds. The van der Waals surface area contributed by atoms with E-state index in [2.05, 4.69) is 30.9 Å². The van der Waals surface area contributed by atoms with Crippen LogP contribution in [0.4, 0.5) is 5.69 Å². The molecule has 1 aliphatic heterocycles. The molecule has 1 aromatic rings. The minimum atomic E-state index is 0.153. The molecule has 1 unspecified atom stereocenters. The van der Waals surface area contributed by atoms with Gasteiger partial charge in [0.1, 0.15) is 5.84 Å². The number of nitrogens with zero attached hydrogens (tertiary/aromatic N) is 1. The highest BCUT2D eigenvalue weighted by atomic mass is 15.1. The highest BCUT2D eigenvalue weighted by Gasteiger charge is 2.25. The van der Waals surface area contributed by atoms with Crippen LogP contribution in [0.15, 0.2) is 18.2 Å². The Kier molecular flexibility index (Phi) is 3.60. The van der Waals surface area contributed by atoms with Gasteiger partial charge in [0.25, 0.3) is 0 Å². The molecule has 1 fully saturated rings. The fourth-order valence-corrected chi connectivity index (χ4v) is 2.71. The predicted octanol–water partition coefficient (Wildman–Crippen LogP) is 2.76. The van der Waals surface area contributed by atoms with Gasteiger partial charge in [0.05, 0.1) is 0 Å². The first kappa shape index (κ1) is 12.9. The molecule has 3 N–H and O–H groups in total. The maximum Gasteiger partial charge on any atom is 0.123 e. The number of hydrogen-bond acceptors (Lipinski definition) is 2. The highest BCUT2D eigenvalue weighted by Crippen LogP contribution is 2.29. The standard InChI is InChI=1S/C15H23N3/c1-10(2)12-6-7-18(9-12)13-4-5-14(15(16)17)11(3)8-13/h4-5,8,10,12H,6-7,9H2,1-3H3,(H3,16,17). The number of amidine groups is 1. The number of nitrogen functional groups attached to an aromatic ring is 1. The first-order valence-corrected chi connectivity index (χ1v) is 6.69. The van der Waals surface area contributed by atoms with Crippen LogP contribution < -0.4 is 10.6 Å². The lowest BCUT2D eigenvalue weighted by molar-refractivity contribution is 0.423. The van der Waals surface area contributed by atoms with E-state index in [0.29, 0.717) is 0 Å². The topological polar surface area (TPSA) is 53.1 Å². The van der Waals surface area contributed by atoms with Crippen LogP contribution in [0.5, 0.6) is 0 Å². The van der Waals surface area contributed by atoms with Crippen molar-refractivity contribution in [3.05, 3.63) is 29.3 Å². The molecule has 18 heavy (non-hydrogen) atoms. The largest absolute Gasteiger partial charge is 0.384 e. The van der Waals surface area contributed by atoms with Crippen LogP contribution in [-0.4, -0.2) is 18.9 Å². The van der Waals surface area contributed by atoms with E-state index < -0.39 is 0 Å². The van der Waals surface area contributed by atoms with Gasteiger partial charge in [0.15, 0.2) is 0 Å². The summed E-state index contributed by atoms with van der Waals surface area (Å²) in [5.74, 6) is 1.71. The van der Waals surface area contributed by atoms with E-state index >= 15 is 0 Å². The molecule has 0 aliphatic carbocycles. The Morgan fingerprint density at radius 2 is 2.17 bits per heavy atom. The summed E-state index contributed by atoms with van der Waals surface area (Å²) in [5, 5.41) is 7.51. The molecule has 0 saturated carbocycles. The third-order valence-corrected chi connectivity index (χ3v) is 4.03. The van der Waals surface area contributed by atoms with Gasteiger partial charge in [-0.2, -0.15) is 0 Å². The molecular weight excluding hydrogens is 222 g/mol. The highest BCUT2D eigenvalue weighted by molar-refractivity contribution is 5.96. The number of nitrogens with two attached hydrogens (primary N) is 1. The van der Waals surface area contributed by atoms with Gasteiger partial charge in [0, 0.05) is 24.3 Å². The Morgan fingerprint density at radius 3 is 2.67 bits per heavy atom. The van der Waals surface area contributed by atoms with E-state index in [4.69, 9.17) is 11.1 Å². The zero-order chi connectivity index (χ0) is 13.3. The summed E-state index contributed by atoms with van der Waals surface area (Å²) in [5.41, 5.74) is 8.75. The number of hydrogen-bond donors (Lipinski definition) is 2. The second-order valence-electron chi connectivity index (χ2n) is 5.65. The molecule has 1 heterocycles. The van der Waals surface area contributed by atoms with Crippen molar-refractivity contribution in [1.82, 2.24) is 0 Å². The molecule has 1 aromatic carbocycles. The van der Waals surface area contributed by atoms with Crippen molar-refractivity contribution in [3.63, 3.8) is 0 Å². The molecule has 2 rings (SSSR count). The van der Waals surface area contributed by atoms with E-state index in [9.17, 15) is 0 Å². The van der Waals surface area contributed by atoms with Gasteiger partial charge in [0.2, 0.25) is 0 Å². The first-order valence-electron chi connectivity index (χ1n) is 6.69. The van der Waals surface area contributed by atoms with Crippen molar-refractivity contribution in [2.24, 2.45) is 17.6 Å². The molecule has 98 valence electrons. The van der Waals surface area contributed by atoms with Crippen LogP contribution in [0, 0.1) is 24.2 Å². The van der Waals surface area contributed by atoms with Crippen molar-refractivity contribution >= 4 is 11.5 Å². The Morgan fingerprint density at radius 1 is 1.44 bits per heavy atom. The smallest absolute Gasteiger partial charge is 0.123 e. The van der Waals surface area contributed by atoms with Crippen LogP contribution in [0.25, 0.3) is 0 Å². The van der Waals surface area contributed by atoms with Crippen LogP contribution in [0.3, 0.4) is 0 Å². The number of benzene rings is 1. The minimum Gasteiger partial charge on any atom is -0.384 e. The summed E-state index contributed by atoms with van der Waals surface area (Å²) >= 11 is 0. The lowest BCUT2D eigenvalue weighted by atomic mass is 9.95. The van der Waals surface area contributed by atoms with Crippen LogP contribution in [0.1, 0.15) is 31.4 Å². The third kappa shape index (κ3) is 2.50. The van der Waals surface area contributed by atoms with E-state index in [1.807, 2.05) is 13.0 Å². The number of rotatable bonds is 3. The average molecular weight is 245 g/mol. The fraction of sp³-hybridized carbons (Fsp3) is 0.533. The molecule has 1 aliphatic rings. The van der Waals surface area contributed by atoms with Crippen molar-refractivity contribution in [2.75, 3.05) is 18.0 Å². The summed E-state index contributed by atoms with van der Waals surface area (Å²) in [7, 11) is 0. The summed E-state index contributed by atoms with van der Waals surface area (Å²) < 4.78 is 0. The maximum absolute atomic E-state index is 7.51. The third-order valence-electron chi connectivity index (χ3n) is 4.03. The van der Waals surface area contributed by atoms with Gasteiger partial charge in [-0.1, -0.05) is 13.8 Å². The maximum atomic E-state index is 7.51. The molecule has 3 heteroatoms. The SMILES string of the molecule is Cc1cc(N2CCC(C(C)C)C2)ccc1C(=N)N. The summed E-state index contributed by atoms with van der Waals surface area (Å²) in [6.07, 6.45) is 1.28. The second kappa shape index (κ2) is 5.01. The second-order valence-corrected chi connectivity index (χ2v) is 5.65. The monoisotopic (exact) mass is 245 g/mol. The number of anilines is 1. The van der Waals surface area contributed by atoms with E-state index in [1.54, 1.807) is 0 Å². The summed E-state index contributed by atoms with van der Waals surface area (Å²) in [6, 6.07) is 6.21. The zero-order valence-corrected chi connectivity index (χ0v) is 11.5. The van der Waals surface area contributed by atoms with Crippen LogP contribution >= 0.6 is 0 Å². The van der Waals surface area contributed by atoms with Gasteiger partial charge in [-0.3, -0.25) is 5.41 Å². The lowest BCUT2D eigenvalue weighted by Gasteiger charge is -2.21. The Bertz CT molecular complexity index is 451. The fourth-order valence-electron chi connectivity index (χ4n) is 2.71. The summed E-state index contributed by atoms with van der Waals surface area (Å²) in [6.45, 7) is 8.92. The Labute approximate surface area is 109 Å². The zero-order valence-electron chi connectivity index (χ0n) is 11.5. The van der Waals surface area contributed by atoms with Gasteiger partial charge in [-0.05, 0) is 48.9 Å². The van der Waals surface area contributed by atoms with Crippen molar-refractivity contribution in [3.8, 4) is 0 Å². The molecule has 3 nitrogen and oxygen atoms in total. The lowest BCUT2D eigenvalue weighted by Crippen LogP contribution is -2.21. The van der Waals surface area contributed by atoms with E-state index in [1.165, 1.54) is 12.1 Å². The quantitative estimate of drug-likeness (QED) is 0.635. The molecule has 0 bridgehead atoms. The molecule has 1 atom stereocenters. The molecule has 0 radical (unpaired) electrons.